The minimum absolute atomic E-state index is 0.0366. The molecule has 0 fully saturated rings. The first-order valence-corrected chi connectivity index (χ1v) is 9.98. The van der Waals surface area contributed by atoms with Crippen molar-refractivity contribution in [3.63, 3.8) is 0 Å². The summed E-state index contributed by atoms with van der Waals surface area (Å²) in [5, 5.41) is 12.2. The van der Waals surface area contributed by atoms with Crippen molar-refractivity contribution in [2.75, 3.05) is 0 Å². The molecular formula is C19H15Cl2N3O3S. The largest absolute Gasteiger partial charge is 0.301 e. The van der Waals surface area contributed by atoms with Crippen molar-refractivity contribution in [1.29, 1.82) is 0 Å². The highest BCUT2D eigenvalue weighted by molar-refractivity contribution is 7.98. The van der Waals surface area contributed by atoms with E-state index >= 15 is 0 Å². The summed E-state index contributed by atoms with van der Waals surface area (Å²) in [4.78, 5) is 29.9. The predicted molar refractivity (Wildman–Crippen MR) is 112 cm³/mol. The van der Waals surface area contributed by atoms with Gasteiger partial charge < -0.3 is 4.98 Å². The molecule has 0 atom stereocenters. The number of H-pyrrole nitrogens is 1. The summed E-state index contributed by atoms with van der Waals surface area (Å²) in [6.45, 7) is 1.71. The number of nitro groups is 1. The number of nitro benzene ring substituents is 1. The number of aromatic nitrogens is 2. The fourth-order valence-electron chi connectivity index (χ4n) is 2.53. The minimum Gasteiger partial charge on any atom is -0.301 e. The summed E-state index contributed by atoms with van der Waals surface area (Å²) in [6.07, 6.45) is 0.347. The SMILES string of the molecule is Cc1c(Cc2c(Cl)cccc2Cl)nc(SCc2ccc([N+](=O)[O-])cc2)[nH]c1=O. The first-order chi connectivity index (χ1) is 13.3. The lowest BCUT2D eigenvalue weighted by atomic mass is 10.1. The van der Waals surface area contributed by atoms with Crippen molar-refractivity contribution in [3.05, 3.63) is 95.4 Å². The van der Waals surface area contributed by atoms with Crippen LogP contribution in [-0.4, -0.2) is 14.9 Å². The summed E-state index contributed by atoms with van der Waals surface area (Å²) in [6, 6.07) is 11.5. The van der Waals surface area contributed by atoms with E-state index in [-0.39, 0.29) is 11.2 Å². The van der Waals surface area contributed by atoms with E-state index in [1.54, 1.807) is 37.3 Å². The fourth-order valence-corrected chi connectivity index (χ4v) is 3.90. The number of non-ortho nitro benzene ring substituents is 1. The van der Waals surface area contributed by atoms with Crippen LogP contribution in [0.5, 0.6) is 0 Å². The average Bonchev–Trinajstić information content (AvgIpc) is 2.67. The van der Waals surface area contributed by atoms with Gasteiger partial charge in [-0.1, -0.05) is 53.2 Å². The van der Waals surface area contributed by atoms with Gasteiger partial charge >= 0.3 is 0 Å². The van der Waals surface area contributed by atoms with E-state index in [2.05, 4.69) is 9.97 Å². The Morgan fingerprint density at radius 1 is 1.14 bits per heavy atom. The Labute approximate surface area is 175 Å². The zero-order valence-electron chi connectivity index (χ0n) is 14.7. The highest BCUT2D eigenvalue weighted by Crippen LogP contribution is 2.27. The second-order valence-electron chi connectivity index (χ2n) is 6.03. The van der Waals surface area contributed by atoms with Crippen LogP contribution < -0.4 is 5.56 Å². The molecule has 6 nitrogen and oxygen atoms in total. The molecule has 1 aromatic heterocycles. The Morgan fingerprint density at radius 2 is 1.79 bits per heavy atom. The molecule has 144 valence electrons. The summed E-state index contributed by atoms with van der Waals surface area (Å²) >= 11 is 13.8. The van der Waals surface area contributed by atoms with Crippen LogP contribution in [0.25, 0.3) is 0 Å². The monoisotopic (exact) mass is 435 g/mol. The highest BCUT2D eigenvalue weighted by Gasteiger charge is 2.13. The van der Waals surface area contributed by atoms with Crippen molar-refractivity contribution < 1.29 is 4.92 Å². The number of hydrogen-bond acceptors (Lipinski definition) is 5. The molecule has 0 amide bonds. The van der Waals surface area contributed by atoms with E-state index in [0.29, 0.717) is 38.6 Å². The molecule has 0 radical (unpaired) electrons. The number of halogens is 2. The van der Waals surface area contributed by atoms with Gasteiger partial charge in [-0.15, -0.1) is 0 Å². The summed E-state index contributed by atoms with van der Waals surface area (Å²) in [5.74, 6) is 0.510. The van der Waals surface area contributed by atoms with Gasteiger partial charge in [-0.05, 0) is 30.2 Å². The van der Waals surface area contributed by atoms with Crippen molar-refractivity contribution in [1.82, 2.24) is 9.97 Å². The number of benzene rings is 2. The van der Waals surface area contributed by atoms with Crippen LogP contribution in [0.2, 0.25) is 10.0 Å². The third kappa shape index (κ3) is 4.73. The van der Waals surface area contributed by atoms with Crippen LogP contribution in [0.4, 0.5) is 5.69 Å². The van der Waals surface area contributed by atoms with E-state index in [4.69, 9.17) is 23.2 Å². The molecule has 0 aliphatic rings. The summed E-state index contributed by atoms with van der Waals surface area (Å²) in [5.41, 5.74) is 2.53. The third-order valence-corrected chi connectivity index (χ3v) is 5.81. The second-order valence-corrected chi connectivity index (χ2v) is 7.81. The van der Waals surface area contributed by atoms with Gasteiger partial charge in [0.1, 0.15) is 0 Å². The number of rotatable bonds is 6. The maximum absolute atomic E-state index is 12.3. The van der Waals surface area contributed by atoms with Gasteiger partial charge in [0.2, 0.25) is 0 Å². The first-order valence-electron chi connectivity index (χ1n) is 8.24. The zero-order valence-corrected chi connectivity index (χ0v) is 17.1. The molecule has 1 N–H and O–H groups in total. The van der Waals surface area contributed by atoms with Crippen molar-refractivity contribution in [2.24, 2.45) is 0 Å². The van der Waals surface area contributed by atoms with Crippen LogP contribution in [0.15, 0.2) is 52.4 Å². The second kappa shape index (κ2) is 8.77. The van der Waals surface area contributed by atoms with Crippen molar-refractivity contribution >= 4 is 40.7 Å². The molecule has 2 aromatic carbocycles. The fraction of sp³-hybridized carbons (Fsp3) is 0.158. The quantitative estimate of drug-likeness (QED) is 0.249. The van der Waals surface area contributed by atoms with Gasteiger partial charge in [-0.3, -0.25) is 14.9 Å². The smallest absolute Gasteiger partial charge is 0.269 e. The molecule has 0 bridgehead atoms. The summed E-state index contributed by atoms with van der Waals surface area (Å²) in [7, 11) is 0. The van der Waals surface area contributed by atoms with E-state index in [0.717, 1.165) is 11.1 Å². The Bertz CT molecular complexity index is 1060. The predicted octanol–water partition coefficient (Wildman–Crippen LogP) is 5.18. The molecular weight excluding hydrogens is 421 g/mol. The maximum Gasteiger partial charge on any atom is 0.269 e. The lowest BCUT2D eigenvalue weighted by Gasteiger charge is -2.10. The molecule has 0 saturated carbocycles. The number of hydrogen-bond donors (Lipinski definition) is 1. The van der Waals surface area contributed by atoms with Gasteiger partial charge in [0, 0.05) is 39.9 Å². The number of aromatic amines is 1. The van der Waals surface area contributed by atoms with Crippen LogP contribution in [-0.2, 0) is 12.2 Å². The Morgan fingerprint density at radius 3 is 2.39 bits per heavy atom. The van der Waals surface area contributed by atoms with E-state index < -0.39 is 4.92 Å². The normalized spacial score (nSPS) is 10.8. The molecule has 0 saturated heterocycles. The van der Waals surface area contributed by atoms with Gasteiger partial charge in [-0.25, -0.2) is 4.98 Å². The topological polar surface area (TPSA) is 88.9 Å². The molecule has 9 heteroatoms. The Kier molecular flexibility index (Phi) is 6.39. The van der Waals surface area contributed by atoms with Gasteiger partial charge in [0.25, 0.3) is 11.2 Å². The summed E-state index contributed by atoms with van der Waals surface area (Å²) < 4.78 is 0. The third-order valence-electron chi connectivity index (χ3n) is 4.16. The van der Waals surface area contributed by atoms with Gasteiger partial charge in [-0.2, -0.15) is 0 Å². The number of nitrogens with one attached hydrogen (secondary N) is 1. The minimum atomic E-state index is -0.442. The maximum atomic E-state index is 12.3. The molecule has 0 aliphatic heterocycles. The molecule has 3 aromatic rings. The van der Waals surface area contributed by atoms with Gasteiger partial charge in [0.05, 0.1) is 10.6 Å². The molecule has 0 spiro atoms. The molecule has 3 rings (SSSR count). The zero-order chi connectivity index (χ0) is 20.3. The van der Waals surface area contributed by atoms with Crippen LogP contribution in [0.1, 0.15) is 22.4 Å². The van der Waals surface area contributed by atoms with Gasteiger partial charge in [0.15, 0.2) is 5.16 Å². The van der Waals surface area contributed by atoms with E-state index in [1.165, 1.54) is 23.9 Å². The Balaban J connectivity index is 1.81. The molecule has 0 aliphatic carbocycles. The number of nitrogens with zero attached hydrogens (tertiary/aromatic N) is 2. The average molecular weight is 436 g/mol. The lowest BCUT2D eigenvalue weighted by molar-refractivity contribution is -0.384. The van der Waals surface area contributed by atoms with Crippen LogP contribution in [0, 0.1) is 17.0 Å². The van der Waals surface area contributed by atoms with Crippen LogP contribution in [0.3, 0.4) is 0 Å². The number of thioether (sulfide) groups is 1. The van der Waals surface area contributed by atoms with E-state index in [1.807, 2.05) is 0 Å². The van der Waals surface area contributed by atoms with Crippen molar-refractivity contribution in [3.8, 4) is 0 Å². The lowest BCUT2D eigenvalue weighted by Crippen LogP contribution is -2.16. The molecule has 1 heterocycles. The highest BCUT2D eigenvalue weighted by atomic mass is 35.5. The molecule has 28 heavy (non-hydrogen) atoms. The first kappa shape index (κ1) is 20.4. The van der Waals surface area contributed by atoms with Crippen LogP contribution >= 0.6 is 35.0 Å². The molecule has 0 unspecified atom stereocenters. The van der Waals surface area contributed by atoms with E-state index in [9.17, 15) is 14.9 Å². The van der Waals surface area contributed by atoms with Crippen molar-refractivity contribution in [2.45, 2.75) is 24.3 Å². The Hall–Kier alpha value is -2.35. The standard InChI is InChI=1S/C19H15Cl2N3O3S/c1-11-17(9-14-15(20)3-2-4-16(14)21)22-19(23-18(11)25)28-10-12-5-7-13(8-6-12)24(26)27/h2-8H,9-10H2,1H3,(H,22,23,25).